The van der Waals surface area contributed by atoms with E-state index in [0.29, 0.717) is 24.3 Å². The summed E-state index contributed by atoms with van der Waals surface area (Å²) in [5.74, 6) is -4.87. The number of hydrogen-bond donors (Lipinski definition) is 0. The first-order valence-electron chi connectivity index (χ1n) is 14.1. The lowest BCUT2D eigenvalue weighted by molar-refractivity contribution is -0.392. The lowest BCUT2D eigenvalue weighted by Gasteiger charge is -2.48. The lowest BCUT2D eigenvalue weighted by atomic mass is 9.69. The van der Waals surface area contributed by atoms with E-state index >= 15 is 0 Å². The Hall–Kier alpha value is -3.63. The maximum Gasteiger partial charge on any atom is 0.430 e. The zero-order valence-corrected chi connectivity index (χ0v) is 25.0. The Kier molecular flexibility index (Phi) is 9.18. The van der Waals surface area contributed by atoms with E-state index < -0.39 is 79.5 Å². The van der Waals surface area contributed by atoms with Gasteiger partial charge in [0.1, 0.15) is 22.2 Å². The number of ether oxygens (including phenoxy) is 2. The van der Waals surface area contributed by atoms with Crippen LogP contribution in [0.25, 0.3) is 0 Å². The van der Waals surface area contributed by atoms with Gasteiger partial charge in [-0.05, 0) is 54.8 Å². The number of amides is 1. The molecule has 0 radical (unpaired) electrons. The van der Waals surface area contributed by atoms with Gasteiger partial charge in [0, 0.05) is 30.1 Å². The normalized spacial score (nSPS) is 21.0. The Labute approximate surface area is 263 Å². The summed E-state index contributed by atoms with van der Waals surface area (Å²) in [6, 6.07) is 8.08. The number of rotatable bonds is 8. The molecule has 16 heteroatoms. The molecule has 1 saturated heterocycles. The molecule has 0 spiro atoms. The molecule has 47 heavy (non-hydrogen) atoms. The molecule has 1 aliphatic heterocycles. The molecule has 1 heterocycles. The first-order valence-corrected chi connectivity index (χ1v) is 15.6. The minimum atomic E-state index is -6.21. The van der Waals surface area contributed by atoms with Crippen molar-refractivity contribution in [3.05, 3.63) is 101 Å². The highest BCUT2D eigenvalue weighted by Crippen LogP contribution is 2.57. The van der Waals surface area contributed by atoms with Gasteiger partial charge in [-0.1, -0.05) is 30.3 Å². The molecule has 5 rings (SSSR count). The Morgan fingerprint density at radius 1 is 0.830 bits per heavy atom. The van der Waals surface area contributed by atoms with Gasteiger partial charge in [-0.25, -0.2) is 21.6 Å². The number of sulfone groups is 1. The van der Waals surface area contributed by atoms with Crippen molar-refractivity contribution in [2.75, 3.05) is 26.3 Å². The molecule has 3 aromatic carbocycles. The van der Waals surface area contributed by atoms with Crippen LogP contribution in [0.4, 0.5) is 39.5 Å². The Morgan fingerprint density at radius 2 is 1.36 bits per heavy atom. The maximum absolute atomic E-state index is 14.4. The summed E-state index contributed by atoms with van der Waals surface area (Å²) >= 11 is 0. The highest BCUT2D eigenvalue weighted by Gasteiger charge is 2.73. The summed E-state index contributed by atoms with van der Waals surface area (Å²) in [4.78, 5) is 14.3. The molecular formula is C31H26F9NO5S. The fourth-order valence-electron chi connectivity index (χ4n) is 6.00. The van der Waals surface area contributed by atoms with E-state index in [-0.39, 0.29) is 49.6 Å². The van der Waals surface area contributed by atoms with Crippen LogP contribution in [0, 0.1) is 23.4 Å². The van der Waals surface area contributed by atoms with Gasteiger partial charge < -0.3 is 14.4 Å². The van der Waals surface area contributed by atoms with Crippen LogP contribution in [0.1, 0.15) is 29.5 Å². The van der Waals surface area contributed by atoms with Crippen LogP contribution in [0.5, 0.6) is 0 Å². The first kappa shape index (κ1) is 34.7. The van der Waals surface area contributed by atoms with Gasteiger partial charge in [0.2, 0.25) is 5.91 Å². The average Bonchev–Trinajstić information content (AvgIpc) is 2.98. The molecule has 6 nitrogen and oxygen atoms in total. The van der Waals surface area contributed by atoms with Crippen LogP contribution in [0.15, 0.2) is 71.6 Å². The molecule has 0 bridgehead atoms. The number of morpholine rings is 1. The summed E-state index contributed by atoms with van der Waals surface area (Å²) in [6.07, 6.45) is -13.2. The number of carbonyl (C=O) groups excluding carboxylic acids is 1. The Balaban J connectivity index is 1.56. The number of halogens is 9. The minimum Gasteiger partial charge on any atom is -0.378 e. The van der Waals surface area contributed by atoms with Gasteiger partial charge in [0.05, 0.1) is 24.7 Å². The second-order valence-corrected chi connectivity index (χ2v) is 13.5. The summed E-state index contributed by atoms with van der Waals surface area (Å²) in [5, 5.41) is 0. The molecule has 254 valence electrons. The maximum atomic E-state index is 14.4. The number of carbonyl (C=O) groups is 1. The van der Waals surface area contributed by atoms with Crippen LogP contribution in [0.3, 0.4) is 0 Å². The highest BCUT2D eigenvalue weighted by atomic mass is 32.2. The van der Waals surface area contributed by atoms with Crippen molar-refractivity contribution in [3.63, 3.8) is 0 Å². The van der Waals surface area contributed by atoms with Crippen LogP contribution in [-0.4, -0.2) is 57.9 Å². The smallest absolute Gasteiger partial charge is 0.378 e. The van der Waals surface area contributed by atoms with Crippen molar-refractivity contribution in [1.82, 2.24) is 4.90 Å². The van der Waals surface area contributed by atoms with Gasteiger partial charge in [-0.2, -0.15) is 26.3 Å². The monoisotopic (exact) mass is 695 g/mol. The zero-order valence-electron chi connectivity index (χ0n) is 24.2. The molecule has 3 aromatic rings. The fraction of sp³-hybridized carbons (Fsp3) is 0.387. The Morgan fingerprint density at radius 3 is 1.87 bits per heavy atom. The largest absolute Gasteiger partial charge is 0.430 e. The van der Waals surface area contributed by atoms with Gasteiger partial charge in [-0.15, -0.1) is 0 Å². The number of benzene rings is 3. The topological polar surface area (TPSA) is 72.9 Å². The molecule has 2 fully saturated rings. The number of hydrogen-bond acceptors (Lipinski definition) is 5. The third-order valence-electron chi connectivity index (χ3n) is 8.57. The van der Waals surface area contributed by atoms with Crippen LogP contribution in [-0.2, 0) is 41.1 Å². The third kappa shape index (κ3) is 5.99. The van der Waals surface area contributed by atoms with E-state index in [0.717, 1.165) is 42.5 Å². The highest BCUT2D eigenvalue weighted by molar-refractivity contribution is 7.92. The average molecular weight is 696 g/mol. The van der Waals surface area contributed by atoms with Gasteiger partial charge in [0.15, 0.2) is 9.84 Å². The van der Waals surface area contributed by atoms with Crippen molar-refractivity contribution in [3.8, 4) is 0 Å². The molecule has 2 aliphatic rings. The molecule has 0 unspecified atom stereocenters. The van der Waals surface area contributed by atoms with E-state index in [1.807, 2.05) is 0 Å². The van der Waals surface area contributed by atoms with E-state index in [2.05, 4.69) is 4.74 Å². The minimum absolute atomic E-state index is 0.227. The van der Waals surface area contributed by atoms with Gasteiger partial charge in [0.25, 0.3) is 5.60 Å². The standard InChI is InChI=1S/C31H26F9NO5S/c32-22-8-10-23(11-9-22)47(43,44)28(16-19(17-28)27(42)41-12-14-45-15-13-41)20-4-6-21(7-5-20)29(30(35,36)37,31(38,39)40)46-18-24-25(33)2-1-3-26(24)34/h1-11,19H,12-18H2/t19-,28-. The molecule has 1 amide bonds. The van der Waals surface area contributed by atoms with Crippen molar-refractivity contribution in [2.45, 2.75) is 47.0 Å². The van der Waals surface area contributed by atoms with Gasteiger partial charge >= 0.3 is 12.4 Å². The second kappa shape index (κ2) is 12.4. The second-order valence-electron chi connectivity index (χ2n) is 11.2. The summed E-state index contributed by atoms with van der Waals surface area (Å²) in [6.45, 7) is -0.756. The van der Waals surface area contributed by atoms with Crippen molar-refractivity contribution >= 4 is 15.7 Å². The molecule has 1 saturated carbocycles. The summed E-state index contributed by atoms with van der Waals surface area (Å²) < 4.78 is 164. The van der Waals surface area contributed by atoms with Crippen LogP contribution < -0.4 is 0 Å². The molecular weight excluding hydrogens is 669 g/mol. The first-order chi connectivity index (χ1) is 21.9. The lowest BCUT2D eigenvalue weighted by Crippen LogP contribution is -2.56. The predicted octanol–water partition coefficient (Wildman–Crippen LogP) is 6.58. The SMILES string of the molecule is O=C([C@H]1C[C@](c2ccc(C(OCc3c(F)cccc3F)(C(F)(F)F)C(F)(F)F)cc2)(S(=O)(=O)c2ccc(F)cc2)C1)N1CCOCC1. The van der Waals surface area contributed by atoms with Crippen molar-refractivity contribution < 1.29 is 62.2 Å². The van der Waals surface area contributed by atoms with Crippen molar-refractivity contribution in [1.29, 1.82) is 0 Å². The fourth-order valence-corrected chi connectivity index (χ4v) is 8.23. The Bertz CT molecular complexity index is 1680. The van der Waals surface area contributed by atoms with E-state index in [4.69, 9.17) is 4.74 Å². The third-order valence-corrected chi connectivity index (χ3v) is 11.1. The molecule has 0 aromatic heterocycles. The zero-order chi connectivity index (χ0) is 34.4. The van der Waals surface area contributed by atoms with E-state index in [9.17, 15) is 52.7 Å². The molecule has 1 aliphatic carbocycles. The summed E-state index contributed by atoms with van der Waals surface area (Å²) in [5.41, 5.74) is -8.01. The van der Waals surface area contributed by atoms with Crippen molar-refractivity contribution in [2.24, 2.45) is 5.92 Å². The number of nitrogens with zero attached hydrogens (tertiary/aromatic N) is 1. The summed E-state index contributed by atoms with van der Waals surface area (Å²) in [7, 11) is -4.51. The van der Waals surface area contributed by atoms with Gasteiger partial charge in [-0.3, -0.25) is 4.79 Å². The molecule has 0 N–H and O–H groups in total. The van der Waals surface area contributed by atoms with Crippen LogP contribution >= 0.6 is 0 Å². The number of alkyl halides is 6. The quantitative estimate of drug-likeness (QED) is 0.197. The van der Waals surface area contributed by atoms with E-state index in [1.165, 1.54) is 4.90 Å². The predicted molar refractivity (Wildman–Crippen MR) is 147 cm³/mol. The molecule has 0 atom stereocenters. The van der Waals surface area contributed by atoms with Crippen LogP contribution in [0.2, 0.25) is 0 Å². The van der Waals surface area contributed by atoms with E-state index in [1.54, 1.807) is 0 Å².